The van der Waals surface area contributed by atoms with Gasteiger partial charge in [0.2, 0.25) is 0 Å². The maximum absolute atomic E-state index is 13.4. The predicted octanol–water partition coefficient (Wildman–Crippen LogP) is 3.16. The van der Waals surface area contributed by atoms with Gasteiger partial charge in [0.15, 0.2) is 0 Å². The van der Waals surface area contributed by atoms with Crippen molar-refractivity contribution >= 4 is 11.9 Å². The Kier molecular flexibility index (Phi) is 6.60. The Balaban J connectivity index is 1.50. The summed E-state index contributed by atoms with van der Waals surface area (Å²) in [4.78, 5) is 25.2. The third-order valence-corrected chi connectivity index (χ3v) is 6.46. The van der Waals surface area contributed by atoms with Crippen LogP contribution in [0.4, 0.5) is 4.39 Å². The summed E-state index contributed by atoms with van der Waals surface area (Å²) < 4.78 is 26.3. The molecule has 4 rings (SSSR count). The van der Waals surface area contributed by atoms with Crippen LogP contribution in [-0.4, -0.2) is 48.0 Å². The number of hydrogen-bond donors (Lipinski definition) is 1. The molecule has 0 radical (unpaired) electrons. The molecule has 2 aliphatic heterocycles. The number of carbonyl (C=O) groups is 2. The Morgan fingerprint density at radius 1 is 1.38 bits per heavy atom. The van der Waals surface area contributed by atoms with Gasteiger partial charge in [-0.3, -0.25) is 9.48 Å². The molecule has 3 heterocycles. The Hall–Kier alpha value is -2.74. The van der Waals surface area contributed by atoms with Crippen LogP contribution in [0.2, 0.25) is 0 Å². The number of aromatic nitrogens is 2. The van der Waals surface area contributed by atoms with Crippen LogP contribution < -0.4 is 5.32 Å². The minimum Gasteiger partial charge on any atom is -0.462 e. The van der Waals surface area contributed by atoms with E-state index in [0.717, 1.165) is 30.7 Å². The zero-order valence-corrected chi connectivity index (χ0v) is 18.7. The van der Waals surface area contributed by atoms with Gasteiger partial charge in [-0.1, -0.05) is 19.9 Å². The lowest BCUT2D eigenvalue weighted by molar-refractivity contribution is 0.0151. The van der Waals surface area contributed by atoms with Gasteiger partial charge >= 0.3 is 5.97 Å². The van der Waals surface area contributed by atoms with Crippen molar-refractivity contribution in [3.8, 4) is 0 Å². The van der Waals surface area contributed by atoms with Crippen LogP contribution in [0.5, 0.6) is 0 Å². The van der Waals surface area contributed by atoms with E-state index in [2.05, 4.69) is 5.32 Å². The van der Waals surface area contributed by atoms with E-state index < -0.39 is 11.8 Å². The van der Waals surface area contributed by atoms with E-state index in [1.54, 1.807) is 0 Å². The van der Waals surface area contributed by atoms with Crippen molar-refractivity contribution in [3.63, 3.8) is 0 Å². The third kappa shape index (κ3) is 4.70. The van der Waals surface area contributed by atoms with Crippen molar-refractivity contribution in [2.45, 2.75) is 46.1 Å². The lowest BCUT2D eigenvalue weighted by Gasteiger charge is -2.36. The minimum atomic E-state index is -0.551. The molecule has 7 nitrogen and oxygen atoms in total. The number of nitrogens with zero attached hydrogens (tertiary/aromatic N) is 2. The molecular weight excluding hydrogens is 413 g/mol. The van der Waals surface area contributed by atoms with Crippen molar-refractivity contribution < 1.29 is 23.5 Å². The van der Waals surface area contributed by atoms with E-state index in [9.17, 15) is 14.0 Å². The van der Waals surface area contributed by atoms with Crippen molar-refractivity contribution in [2.75, 3.05) is 26.4 Å². The summed E-state index contributed by atoms with van der Waals surface area (Å²) in [7, 11) is 0. The molecule has 1 aromatic heterocycles. The highest BCUT2D eigenvalue weighted by atomic mass is 19.1. The molecule has 0 aliphatic carbocycles. The number of benzene rings is 1. The summed E-state index contributed by atoms with van der Waals surface area (Å²) in [5.74, 6) is -1.11. The van der Waals surface area contributed by atoms with Gasteiger partial charge in [-0.2, -0.15) is 5.10 Å². The quantitative estimate of drug-likeness (QED) is 0.694. The van der Waals surface area contributed by atoms with Crippen molar-refractivity contribution in [2.24, 2.45) is 11.3 Å². The Labute approximate surface area is 187 Å². The number of carbonyl (C=O) groups excluding carboxylic acids is 2. The molecule has 0 unspecified atom stereocenters. The highest BCUT2D eigenvalue weighted by Gasteiger charge is 2.39. The average Bonchev–Trinajstić information content (AvgIpc) is 3.06. The first-order valence-electron chi connectivity index (χ1n) is 11.3. The molecular formula is C24H30FN3O4. The highest BCUT2D eigenvalue weighted by Crippen LogP contribution is 2.37. The normalized spacial score (nSPS) is 18.5. The topological polar surface area (TPSA) is 82.5 Å². The number of halogens is 1. The largest absolute Gasteiger partial charge is 0.462 e. The van der Waals surface area contributed by atoms with Gasteiger partial charge in [0, 0.05) is 32.2 Å². The van der Waals surface area contributed by atoms with Crippen LogP contribution in [0.25, 0.3) is 0 Å². The molecule has 1 aromatic carbocycles. The summed E-state index contributed by atoms with van der Waals surface area (Å²) in [5, 5.41) is 7.87. The Morgan fingerprint density at radius 3 is 2.88 bits per heavy atom. The van der Waals surface area contributed by atoms with E-state index in [1.165, 1.54) is 24.3 Å². The van der Waals surface area contributed by atoms with Gasteiger partial charge in [0.1, 0.15) is 5.82 Å². The number of amides is 1. The van der Waals surface area contributed by atoms with Gasteiger partial charge in [-0.05, 0) is 49.3 Å². The van der Waals surface area contributed by atoms with Crippen LogP contribution >= 0.6 is 0 Å². The minimum absolute atomic E-state index is 0.0188. The maximum Gasteiger partial charge on any atom is 0.338 e. The summed E-state index contributed by atoms with van der Waals surface area (Å²) in [6, 6.07) is 5.47. The fourth-order valence-corrected chi connectivity index (χ4v) is 4.59. The first-order chi connectivity index (χ1) is 15.4. The number of esters is 1. The summed E-state index contributed by atoms with van der Waals surface area (Å²) >= 11 is 0. The molecule has 0 saturated carbocycles. The van der Waals surface area contributed by atoms with Crippen LogP contribution in [0.15, 0.2) is 24.3 Å². The number of hydrogen-bond acceptors (Lipinski definition) is 5. The smallest absolute Gasteiger partial charge is 0.338 e. The molecule has 8 heteroatoms. The first kappa shape index (κ1) is 22.5. The second kappa shape index (κ2) is 9.40. The third-order valence-electron chi connectivity index (χ3n) is 6.46. The van der Waals surface area contributed by atoms with Gasteiger partial charge in [-0.15, -0.1) is 0 Å². The first-order valence-corrected chi connectivity index (χ1v) is 11.3. The second-order valence-corrected chi connectivity index (χ2v) is 8.99. The molecule has 1 saturated heterocycles. The molecule has 1 atom stereocenters. The van der Waals surface area contributed by atoms with Crippen molar-refractivity contribution in [3.05, 3.63) is 52.6 Å². The lowest BCUT2D eigenvalue weighted by atomic mass is 9.76. The molecule has 0 bridgehead atoms. The van der Waals surface area contributed by atoms with E-state index in [-0.39, 0.29) is 29.4 Å². The second-order valence-electron chi connectivity index (χ2n) is 8.99. The van der Waals surface area contributed by atoms with Crippen LogP contribution in [0.1, 0.15) is 58.8 Å². The molecule has 2 aromatic rings. The molecule has 1 N–H and O–H groups in total. The number of rotatable bonds is 6. The van der Waals surface area contributed by atoms with Crippen LogP contribution in [0, 0.1) is 17.2 Å². The zero-order chi connectivity index (χ0) is 22.7. The lowest BCUT2D eigenvalue weighted by Crippen LogP contribution is -2.41. The number of aryl methyl sites for hydroxylation is 1. The average molecular weight is 444 g/mol. The maximum atomic E-state index is 13.4. The van der Waals surface area contributed by atoms with Gasteiger partial charge < -0.3 is 14.8 Å². The molecule has 1 amide bonds. The van der Waals surface area contributed by atoms with Gasteiger partial charge in [-0.25, -0.2) is 9.18 Å². The number of ether oxygens (including phenoxy) is 2. The number of nitrogens with one attached hydrogen (secondary N) is 1. The van der Waals surface area contributed by atoms with Crippen LogP contribution in [-0.2, 0) is 28.9 Å². The fraction of sp³-hybridized carbons (Fsp3) is 0.542. The van der Waals surface area contributed by atoms with Gasteiger partial charge in [0.25, 0.3) is 5.91 Å². The predicted molar refractivity (Wildman–Crippen MR) is 116 cm³/mol. The highest BCUT2D eigenvalue weighted by molar-refractivity contribution is 5.97. The van der Waals surface area contributed by atoms with Crippen molar-refractivity contribution in [1.82, 2.24) is 15.1 Å². The standard InChI is InChI=1S/C24H30FN3O4/c1-3-19-21-20(12-24(15-26-22(21)29)7-9-31-10-8-24)28(27-19)13-16(2)14-32-23(30)17-5-4-6-18(25)11-17/h4-6,11,16H,3,7-10,12-15H2,1-2H3,(H,26,29)/t16-/m1/s1. The molecule has 2 aliphatic rings. The summed E-state index contributed by atoms with van der Waals surface area (Å²) in [6.45, 7) is 6.72. The van der Waals surface area contributed by atoms with E-state index in [4.69, 9.17) is 14.6 Å². The van der Waals surface area contributed by atoms with E-state index in [0.29, 0.717) is 38.3 Å². The monoisotopic (exact) mass is 443 g/mol. The van der Waals surface area contributed by atoms with Crippen LogP contribution in [0.3, 0.4) is 0 Å². The van der Waals surface area contributed by atoms with Gasteiger partial charge in [0.05, 0.1) is 29.1 Å². The summed E-state index contributed by atoms with van der Waals surface area (Å²) in [5.41, 5.74) is 2.62. The van der Waals surface area contributed by atoms with Crippen molar-refractivity contribution in [1.29, 1.82) is 0 Å². The Bertz CT molecular complexity index is 997. The SMILES string of the molecule is CCc1nn(C[C@@H](C)COC(=O)c2cccc(F)c2)c2c1C(=O)NCC1(CCOCC1)C2. The van der Waals surface area contributed by atoms with E-state index >= 15 is 0 Å². The Morgan fingerprint density at radius 2 is 2.16 bits per heavy atom. The molecule has 172 valence electrons. The molecule has 32 heavy (non-hydrogen) atoms. The molecule has 1 fully saturated rings. The molecule has 1 spiro atoms. The number of fused-ring (bicyclic) bond motifs is 1. The zero-order valence-electron chi connectivity index (χ0n) is 18.7. The fourth-order valence-electron chi connectivity index (χ4n) is 4.59. The summed E-state index contributed by atoms with van der Waals surface area (Å²) in [6.07, 6.45) is 3.25. The van der Waals surface area contributed by atoms with E-state index in [1.807, 2.05) is 18.5 Å².